The number of hydrogen-bond donors (Lipinski definition) is 1. The summed E-state index contributed by atoms with van der Waals surface area (Å²) in [5.41, 5.74) is 0.872. The second-order valence-electron chi connectivity index (χ2n) is 9.19. The number of nitrogens with zero attached hydrogens (tertiary/aromatic N) is 1. The summed E-state index contributed by atoms with van der Waals surface area (Å²) in [4.78, 5) is 14.3. The van der Waals surface area contributed by atoms with E-state index in [0.29, 0.717) is 5.92 Å². The minimum atomic E-state index is -0.357. The fourth-order valence-electron chi connectivity index (χ4n) is 3.79. The lowest BCUT2D eigenvalue weighted by atomic mass is 9.79. The van der Waals surface area contributed by atoms with Gasteiger partial charge in [0.05, 0.1) is 6.10 Å². The molecule has 1 aromatic carbocycles. The lowest BCUT2D eigenvalue weighted by Gasteiger charge is -2.38. The van der Waals surface area contributed by atoms with E-state index in [9.17, 15) is 4.79 Å². The molecule has 3 rings (SSSR count). The number of amides is 1. The van der Waals surface area contributed by atoms with E-state index in [-0.39, 0.29) is 23.8 Å². The topological polar surface area (TPSA) is 50.8 Å². The molecule has 1 aromatic rings. The van der Waals surface area contributed by atoms with E-state index in [0.717, 1.165) is 48.8 Å². The van der Waals surface area contributed by atoms with Crippen LogP contribution >= 0.6 is 11.6 Å². The highest BCUT2D eigenvalue weighted by molar-refractivity contribution is 6.31. The first-order valence-electron chi connectivity index (χ1n) is 10.4. The van der Waals surface area contributed by atoms with Crippen LogP contribution in [0.5, 0.6) is 5.75 Å². The minimum Gasteiger partial charge on any atom is -0.490 e. The van der Waals surface area contributed by atoms with Crippen molar-refractivity contribution in [3.63, 3.8) is 0 Å². The van der Waals surface area contributed by atoms with Crippen molar-refractivity contribution in [3.05, 3.63) is 28.8 Å². The number of nitrogens with one attached hydrogen (secondary N) is 1. The molecule has 1 atom stereocenters. The van der Waals surface area contributed by atoms with Gasteiger partial charge in [0.25, 0.3) is 0 Å². The van der Waals surface area contributed by atoms with Gasteiger partial charge in [-0.3, -0.25) is 4.90 Å². The van der Waals surface area contributed by atoms with Gasteiger partial charge in [-0.15, -0.1) is 0 Å². The maximum atomic E-state index is 11.9. The second kappa shape index (κ2) is 8.91. The molecule has 28 heavy (non-hydrogen) atoms. The van der Waals surface area contributed by atoms with E-state index in [1.165, 1.54) is 12.8 Å². The summed E-state index contributed by atoms with van der Waals surface area (Å²) in [7, 11) is 0. The third kappa shape index (κ3) is 6.02. The van der Waals surface area contributed by atoms with Gasteiger partial charge in [-0.1, -0.05) is 17.7 Å². The number of benzene rings is 1. The molecule has 1 saturated heterocycles. The lowest BCUT2D eigenvalue weighted by molar-refractivity contribution is -0.0173. The summed E-state index contributed by atoms with van der Waals surface area (Å²) in [5.74, 6) is 1.15. The standard InChI is InChI=1S/C22H33ClN2O3/c1-15(27-21(26)24-22(2,3)4)17-11-19(12-17)28-18-8-7-16(20(23)13-18)14-25-9-5-6-10-25/h7-8,13,15,17,19H,5-6,9-12,14H2,1-4H3,(H,24,26). The van der Waals surface area contributed by atoms with Crippen LogP contribution in [-0.2, 0) is 11.3 Å². The van der Waals surface area contributed by atoms with Gasteiger partial charge in [-0.2, -0.15) is 0 Å². The monoisotopic (exact) mass is 408 g/mol. The van der Waals surface area contributed by atoms with E-state index in [2.05, 4.69) is 16.3 Å². The number of halogens is 1. The molecule has 2 fully saturated rings. The van der Waals surface area contributed by atoms with Crippen molar-refractivity contribution in [1.82, 2.24) is 10.2 Å². The molecule has 1 N–H and O–H groups in total. The minimum absolute atomic E-state index is 0.117. The maximum absolute atomic E-state index is 11.9. The third-order valence-electron chi connectivity index (χ3n) is 5.49. The molecule has 1 heterocycles. The van der Waals surface area contributed by atoms with E-state index in [1.54, 1.807) is 0 Å². The first kappa shape index (κ1) is 21.3. The molecule has 5 nitrogen and oxygen atoms in total. The summed E-state index contributed by atoms with van der Waals surface area (Å²) < 4.78 is 11.6. The van der Waals surface area contributed by atoms with Crippen LogP contribution in [0.4, 0.5) is 4.79 Å². The van der Waals surface area contributed by atoms with Gasteiger partial charge in [-0.05, 0) is 84.2 Å². The van der Waals surface area contributed by atoms with Crippen LogP contribution in [-0.4, -0.2) is 41.8 Å². The smallest absolute Gasteiger partial charge is 0.407 e. The number of ether oxygens (including phenoxy) is 2. The molecule has 1 aliphatic heterocycles. The maximum Gasteiger partial charge on any atom is 0.407 e. The fourth-order valence-corrected chi connectivity index (χ4v) is 4.02. The van der Waals surface area contributed by atoms with Gasteiger partial charge < -0.3 is 14.8 Å². The zero-order valence-corrected chi connectivity index (χ0v) is 18.2. The number of carbonyl (C=O) groups is 1. The van der Waals surface area contributed by atoms with Gasteiger partial charge in [0.15, 0.2) is 0 Å². The van der Waals surface area contributed by atoms with E-state index in [4.69, 9.17) is 21.1 Å². The van der Waals surface area contributed by atoms with Crippen molar-refractivity contribution < 1.29 is 14.3 Å². The summed E-state index contributed by atoms with van der Waals surface area (Å²) in [6.45, 7) is 11.0. The number of carbonyl (C=O) groups excluding carboxylic acids is 1. The normalized spacial score (nSPS) is 23.8. The molecule has 6 heteroatoms. The molecule has 0 spiro atoms. The second-order valence-corrected chi connectivity index (χ2v) is 9.60. The molecule has 1 aliphatic carbocycles. The Morgan fingerprint density at radius 2 is 1.96 bits per heavy atom. The third-order valence-corrected chi connectivity index (χ3v) is 5.84. The molecular weight excluding hydrogens is 376 g/mol. The largest absolute Gasteiger partial charge is 0.490 e. The zero-order valence-electron chi connectivity index (χ0n) is 17.5. The molecule has 2 aliphatic rings. The molecule has 1 amide bonds. The van der Waals surface area contributed by atoms with E-state index >= 15 is 0 Å². The Balaban J connectivity index is 1.42. The van der Waals surface area contributed by atoms with Crippen molar-refractivity contribution in [2.75, 3.05) is 13.1 Å². The molecule has 0 aromatic heterocycles. The van der Waals surface area contributed by atoms with Crippen LogP contribution < -0.4 is 10.1 Å². The molecular formula is C22H33ClN2O3. The molecule has 0 radical (unpaired) electrons. The molecule has 156 valence electrons. The molecule has 1 saturated carbocycles. The number of likely N-dealkylation sites (tertiary alicyclic amines) is 1. The van der Waals surface area contributed by atoms with Crippen LogP contribution in [0.3, 0.4) is 0 Å². The highest BCUT2D eigenvalue weighted by atomic mass is 35.5. The zero-order chi connectivity index (χ0) is 20.3. The van der Waals surface area contributed by atoms with Gasteiger partial charge in [0, 0.05) is 23.0 Å². The average Bonchev–Trinajstić information content (AvgIpc) is 3.04. The summed E-state index contributed by atoms with van der Waals surface area (Å²) in [6, 6.07) is 6.02. The number of alkyl carbamates (subject to hydrolysis) is 1. The Labute approximate surface area is 173 Å². The quantitative estimate of drug-likeness (QED) is 0.719. The number of rotatable bonds is 6. The SMILES string of the molecule is CC(OC(=O)NC(C)(C)C)C1CC(Oc2ccc(CN3CCCC3)c(Cl)c2)C1. The van der Waals surface area contributed by atoms with E-state index in [1.807, 2.05) is 39.8 Å². The van der Waals surface area contributed by atoms with Crippen molar-refractivity contribution in [2.24, 2.45) is 5.92 Å². The van der Waals surface area contributed by atoms with Crippen molar-refractivity contribution in [1.29, 1.82) is 0 Å². The first-order chi connectivity index (χ1) is 13.2. The van der Waals surface area contributed by atoms with Crippen LogP contribution in [0.25, 0.3) is 0 Å². The van der Waals surface area contributed by atoms with Crippen LogP contribution in [0.15, 0.2) is 18.2 Å². The Morgan fingerprint density at radius 3 is 2.57 bits per heavy atom. The molecule has 0 bridgehead atoms. The van der Waals surface area contributed by atoms with Gasteiger partial charge in [-0.25, -0.2) is 4.79 Å². The van der Waals surface area contributed by atoms with Crippen LogP contribution in [0, 0.1) is 5.92 Å². The first-order valence-corrected chi connectivity index (χ1v) is 10.7. The lowest BCUT2D eigenvalue weighted by Crippen LogP contribution is -2.45. The van der Waals surface area contributed by atoms with Gasteiger partial charge >= 0.3 is 6.09 Å². The van der Waals surface area contributed by atoms with Gasteiger partial charge in [0.2, 0.25) is 0 Å². The summed E-state index contributed by atoms with van der Waals surface area (Å²) in [6.07, 6.45) is 4.01. The highest BCUT2D eigenvalue weighted by Gasteiger charge is 2.36. The Morgan fingerprint density at radius 1 is 1.29 bits per heavy atom. The fraction of sp³-hybridized carbons (Fsp3) is 0.682. The summed E-state index contributed by atoms with van der Waals surface area (Å²) in [5, 5.41) is 3.60. The highest BCUT2D eigenvalue weighted by Crippen LogP contribution is 2.36. The van der Waals surface area contributed by atoms with Crippen molar-refractivity contribution in [2.45, 2.75) is 77.7 Å². The predicted octanol–water partition coefficient (Wildman–Crippen LogP) is 5.01. The number of hydrogen-bond acceptors (Lipinski definition) is 4. The van der Waals surface area contributed by atoms with Crippen LogP contribution in [0.2, 0.25) is 5.02 Å². The van der Waals surface area contributed by atoms with Crippen molar-refractivity contribution >= 4 is 17.7 Å². The van der Waals surface area contributed by atoms with Gasteiger partial charge in [0.1, 0.15) is 11.9 Å². The van der Waals surface area contributed by atoms with Crippen molar-refractivity contribution in [3.8, 4) is 5.75 Å². The Bertz CT molecular complexity index is 677. The average molecular weight is 409 g/mol. The van der Waals surface area contributed by atoms with Crippen LogP contribution in [0.1, 0.15) is 58.9 Å². The van der Waals surface area contributed by atoms with E-state index < -0.39 is 0 Å². The summed E-state index contributed by atoms with van der Waals surface area (Å²) >= 11 is 6.47. The molecule has 1 unspecified atom stereocenters. The Hall–Kier alpha value is -1.46. The Kier molecular flexibility index (Phi) is 6.77. The predicted molar refractivity (Wildman–Crippen MR) is 112 cm³/mol.